The van der Waals surface area contributed by atoms with Crippen LogP contribution in [0.1, 0.15) is 19.4 Å². The Morgan fingerprint density at radius 1 is 1.21 bits per heavy atom. The van der Waals surface area contributed by atoms with Gasteiger partial charge in [0.1, 0.15) is 0 Å². The Labute approximate surface area is 116 Å². The van der Waals surface area contributed by atoms with Crippen molar-refractivity contribution in [2.75, 3.05) is 34.3 Å². The highest BCUT2D eigenvalue weighted by Crippen LogP contribution is 2.28. The SMILES string of the molecule is COc1cc(CNCCN(C)C)ccc1OC(C)C. The van der Waals surface area contributed by atoms with E-state index in [0.29, 0.717) is 0 Å². The van der Waals surface area contributed by atoms with Crippen LogP contribution in [0.3, 0.4) is 0 Å². The van der Waals surface area contributed by atoms with E-state index in [1.807, 2.05) is 26.0 Å². The van der Waals surface area contributed by atoms with E-state index >= 15 is 0 Å². The quantitative estimate of drug-likeness (QED) is 0.731. The van der Waals surface area contributed by atoms with Crippen molar-refractivity contribution in [3.63, 3.8) is 0 Å². The van der Waals surface area contributed by atoms with Crippen LogP contribution in [0.2, 0.25) is 0 Å². The lowest BCUT2D eigenvalue weighted by Crippen LogP contribution is -2.26. The van der Waals surface area contributed by atoms with Gasteiger partial charge in [-0.25, -0.2) is 0 Å². The molecule has 1 rings (SSSR count). The molecule has 0 bridgehead atoms. The van der Waals surface area contributed by atoms with Gasteiger partial charge in [-0.1, -0.05) is 6.07 Å². The second-order valence-electron chi connectivity index (χ2n) is 5.13. The second kappa shape index (κ2) is 8.02. The van der Waals surface area contributed by atoms with Crippen LogP contribution in [-0.4, -0.2) is 45.3 Å². The van der Waals surface area contributed by atoms with E-state index < -0.39 is 0 Å². The van der Waals surface area contributed by atoms with Gasteiger partial charge in [0.15, 0.2) is 11.5 Å². The summed E-state index contributed by atoms with van der Waals surface area (Å²) in [7, 11) is 5.82. The van der Waals surface area contributed by atoms with Crippen molar-refractivity contribution < 1.29 is 9.47 Å². The fraction of sp³-hybridized carbons (Fsp3) is 0.600. The van der Waals surface area contributed by atoms with E-state index in [2.05, 4.69) is 30.4 Å². The van der Waals surface area contributed by atoms with Gasteiger partial charge in [-0.15, -0.1) is 0 Å². The molecular formula is C15H26N2O2. The minimum Gasteiger partial charge on any atom is -0.493 e. The van der Waals surface area contributed by atoms with Gasteiger partial charge >= 0.3 is 0 Å². The van der Waals surface area contributed by atoms with E-state index in [4.69, 9.17) is 9.47 Å². The first-order chi connectivity index (χ1) is 9.02. The molecule has 1 N–H and O–H groups in total. The molecule has 4 nitrogen and oxygen atoms in total. The maximum atomic E-state index is 5.70. The van der Waals surface area contributed by atoms with E-state index in [1.54, 1.807) is 7.11 Å². The molecule has 0 unspecified atom stereocenters. The predicted octanol–water partition coefficient (Wildman–Crippen LogP) is 2.13. The monoisotopic (exact) mass is 266 g/mol. The van der Waals surface area contributed by atoms with Gasteiger partial charge in [0.25, 0.3) is 0 Å². The number of likely N-dealkylation sites (N-methyl/N-ethyl adjacent to an activating group) is 1. The van der Waals surface area contributed by atoms with Crippen molar-refractivity contribution in [1.82, 2.24) is 10.2 Å². The number of rotatable bonds is 8. The maximum absolute atomic E-state index is 5.70. The van der Waals surface area contributed by atoms with Crippen LogP contribution in [-0.2, 0) is 6.54 Å². The Balaban J connectivity index is 2.56. The van der Waals surface area contributed by atoms with Crippen molar-refractivity contribution in [2.45, 2.75) is 26.5 Å². The first-order valence-electron chi connectivity index (χ1n) is 6.72. The number of nitrogens with one attached hydrogen (secondary N) is 1. The number of ether oxygens (including phenoxy) is 2. The van der Waals surface area contributed by atoms with Gasteiger partial charge in [0, 0.05) is 19.6 Å². The fourth-order valence-electron chi connectivity index (χ4n) is 1.71. The second-order valence-corrected chi connectivity index (χ2v) is 5.13. The number of hydrogen-bond acceptors (Lipinski definition) is 4. The number of benzene rings is 1. The van der Waals surface area contributed by atoms with Gasteiger partial charge < -0.3 is 19.7 Å². The summed E-state index contributed by atoms with van der Waals surface area (Å²) in [5.41, 5.74) is 1.20. The Bertz CT molecular complexity index is 378. The molecule has 0 saturated carbocycles. The van der Waals surface area contributed by atoms with Crippen LogP contribution in [0, 0.1) is 0 Å². The molecule has 0 heterocycles. The molecule has 0 saturated heterocycles. The minimum absolute atomic E-state index is 0.151. The molecule has 108 valence electrons. The minimum atomic E-state index is 0.151. The molecule has 1 aromatic carbocycles. The van der Waals surface area contributed by atoms with Crippen molar-refractivity contribution in [1.29, 1.82) is 0 Å². The van der Waals surface area contributed by atoms with Crippen LogP contribution in [0.25, 0.3) is 0 Å². The molecule has 0 spiro atoms. The third kappa shape index (κ3) is 5.94. The highest BCUT2D eigenvalue weighted by molar-refractivity contribution is 5.43. The molecule has 0 aliphatic rings. The Hall–Kier alpha value is -1.26. The fourth-order valence-corrected chi connectivity index (χ4v) is 1.71. The number of methoxy groups -OCH3 is 1. The molecule has 0 aromatic heterocycles. The van der Waals surface area contributed by atoms with Gasteiger partial charge in [-0.3, -0.25) is 0 Å². The van der Waals surface area contributed by atoms with E-state index in [-0.39, 0.29) is 6.10 Å². The third-order valence-electron chi connectivity index (χ3n) is 2.66. The summed E-state index contributed by atoms with van der Waals surface area (Å²) in [4.78, 5) is 2.16. The lowest BCUT2D eigenvalue weighted by atomic mass is 10.2. The summed E-state index contributed by atoms with van der Waals surface area (Å²) in [6, 6.07) is 6.07. The lowest BCUT2D eigenvalue weighted by molar-refractivity contribution is 0.230. The van der Waals surface area contributed by atoms with Crippen molar-refractivity contribution in [3.8, 4) is 11.5 Å². The van der Waals surface area contributed by atoms with Gasteiger partial charge in [-0.05, 0) is 45.6 Å². The van der Waals surface area contributed by atoms with Crippen LogP contribution in [0.15, 0.2) is 18.2 Å². The molecule has 4 heteroatoms. The molecule has 0 radical (unpaired) electrons. The van der Waals surface area contributed by atoms with Crippen LogP contribution < -0.4 is 14.8 Å². The maximum Gasteiger partial charge on any atom is 0.161 e. The van der Waals surface area contributed by atoms with Crippen molar-refractivity contribution >= 4 is 0 Å². The molecule has 0 fully saturated rings. The zero-order valence-corrected chi connectivity index (χ0v) is 12.7. The summed E-state index contributed by atoms with van der Waals surface area (Å²) < 4.78 is 11.1. The molecule has 1 aromatic rings. The summed E-state index contributed by atoms with van der Waals surface area (Å²) in [6.45, 7) is 6.86. The first-order valence-corrected chi connectivity index (χ1v) is 6.72. The van der Waals surface area contributed by atoms with Crippen LogP contribution in [0.5, 0.6) is 11.5 Å². The zero-order chi connectivity index (χ0) is 14.3. The zero-order valence-electron chi connectivity index (χ0n) is 12.7. The van der Waals surface area contributed by atoms with Crippen LogP contribution >= 0.6 is 0 Å². The van der Waals surface area contributed by atoms with Gasteiger partial charge in [0.2, 0.25) is 0 Å². The number of hydrogen-bond donors (Lipinski definition) is 1. The topological polar surface area (TPSA) is 33.7 Å². The number of nitrogens with zero attached hydrogens (tertiary/aromatic N) is 1. The smallest absolute Gasteiger partial charge is 0.161 e. The Kier molecular flexibility index (Phi) is 6.67. The molecule has 0 amide bonds. The normalized spacial score (nSPS) is 11.1. The standard InChI is InChI=1S/C15H26N2O2/c1-12(2)19-14-7-6-13(10-15(14)18-5)11-16-8-9-17(3)4/h6-7,10,12,16H,8-9,11H2,1-5H3. The molecule has 0 atom stereocenters. The summed E-state index contributed by atoms with van der Waals surface area (Å²) in [5.74, 6) is 1.59. The molecular weight excluding hydrogens is 240 g/mol. The van der Waals surface area contributed by atoms with Gasteiger partial charge in [0.05, 0.1) is 13.2 Å². The van der Waals surface area contributed by atoms with E-state index in [9.17, 15) is 0 Å². The Morgan fingerprint density at radius 3 is 2.53 bits per heavy atom. The van der Waals surface area contributed by atoms with Gasteiger partial charge in [-0.2, -0.15) is 0 Å². The predicted molar refractivity (Wildman–Crippen MR) is 79.0 cm³/mol. The van der Waals surface area contributed by atoms with Crippen molar-refractivity contribution in [3.05, 3.63) is 23.8 Å². The lowest BCUT2D eigenvalue weighted by Gasteiger charge is -2.15. The summed E-state index contributed by atoms with van der Waals surface area (Å²) in [5, 5.41) is 3.41. The highest BCUT2D eigenvalue weighted by atomic mass is 16.5. The first kappa shape index (κ1) is 15.8. The summed E-state index contributed by atoms with van der Waals surface area (Å²) in [6.07, 6.45) is 0.151. The third-order valence-corrected chi connectivity index (χ3v) is 2.66. The highest BCUT2D eigenvalue weighted by Gasteiger charge is 2.07. The van der Waals surface area contributed by atoms with E-state index in [0.717, 1.165) is 31.1 Å². The largest absolute Gasteiger partial charge is 0.493 e. The van der Waals surface area contributed by atoms with E-state index in [1.165, 1.54) is 5.56 Å². The van der Waals surface area contributed by atoms with Crippen LogP contribution in [0.4, 0.5) is 0 Å². The average Bonchev–Trinajstić information content (AvgIpc) is 2.35. The Morgan fingerprint density at radius 2 is 1.95 bits per heavy atom. The summed E-state index contributed by atoms with van der Waals surface area (Å²) >= 11 is 0. The van der Waals surface area contributed by atoms with Crippen molar-refractivity contribution in [2.24, 2.45) is 0 Å². The molecule has 0 aliphatic heterocycles. The molecule has 0 aliphatic carbocycles. The average molecular weight is 266 g/mol. The molecule has 19 heavy (non-hydrogen) atoms.